The SMILES string of the molecule is COC(=O)C1=C(N)C=C[C@@](C)(N)C(Br)=C1. The highest BCUT2D eigenvalue weighted by atomic mass is 79.9. The van der Waals surface area contributed by atoms with Crippen molar-refractivity contribution < 1.29 is 9.53 Å². The van der Waals surface area contributed by atoms with E-state index in [1.54, 1.807) is 25.2 Å². The van der Waals surface area contributed by atoms with Crippen LogP contribution in [-0.4, -0.2) is 18.6 Å². The molecule has 1 rings (SSSR count). The standard InChI is InChI=1S/C10H13BrN2O2/c1-10(13)4-3-7(12)6(5-8(10)11)9(14)15-2/h3-5H,12-13H2,1-2H3/t10-/m1/s1. The molecule has 0 aliphatic heterocycles. The summed E-state index contributed by atoms with van der Waals surface area (Å²) in [7, 11) is 1.31. The molecule has 1 aliphatic rings. The molecule has 0 spiro atoms. The molecular weight excluding hydrogens is 260 g/mol. The number of rotatable bonds is 1. The summed E-state index contributed by atoms with van der Waals surface area (Å²) >= 11 is 3.31. The van der Waals surface area contributed by atoms with Crippen LogP contribution >= 0.6 is 15.9 Å². The van der Waals surface area contributed by atoms with Gasteiger partial charge in [-0.2, -0.15) is 0 Å². The van der Waals surface area contributed by atoms with Crippen LogP contribution in [0.4, 0.5) is 0 Å². The highest BCUT2D eigenvalue weighted by Crippen LogP contribution is 2.27. The van der Waals surface area contributed by atoms with E-state index in [4.69, 9.17) is 11.5 Å². The molecule has 15 heavy (non-hydrogen) atoms. The van der Waals surface area contributed by atoms with Gasteiger partial charge in [-0.15, -0.1) is 0 Å². The molecule has 0 aromatic heterocycles. The van der Waals surface area contributed by atoms with E-state index in [-0.39, 0.29) is 0 Å². The average Bonchev–Trinajstić information content (AvgIpc) is 2.29. The molecule has 0 saturated heterocycles. The molecular formula is C10H13BrN2O2. The molecule has 0 aromatic rings. The number of halogens is 1. The van der Waals surface area contributed by atoms with Gasteiger partial charge in [0.05, 0.1) is 18.2 Å². The summed E-state index contributed by atoms with van der Waals surface area (Å²) in [6.45, 7) is 1.80. The molecule has 0 fully saturated rings. The van der Waals surface area contributed by atoms with Gasteiger partial charge < -0.3 is 16.2 Å². The predicted molar refractivity (Wildman–Crippen MR) is 62.0 cm³/mol. The van der Waals surface area contributed by atoms with E-state index < -0.39 is 11.5 Å². The fraction of sp³-hybridized carbons (Fsp3) is 0.300. The van der Waals surface area contributed by atoms with Gasteiger partial charge in [0, 0.05) is 10.2 Å². The Morgan fingerprint density at radius 1 is 1.60 bits per heavy atom. The smallest absolute Gasteiger partial charge is 0.339 e. The van der Waals surface area contributed by atoms with Crippen molar-refractivity contribution in [2.75, 3.05) is 7.11 Å². The van der Waals surface area contributed by atoms with E-state index in [0.29, 0.717) is 15.8 Å². The molecule has 0 saturated carbocycles. The van der Waals surface area contributed by atoms with E-state index in [9.17, 15) is 4.79 Å². The largest absolute Gasteiger partial charge is 0.465 e. The van der Waals surface area contributed by atoms with Crippen molar-refractivity contribution in [3.63, 3.8) is 0 Å². The second-order valence-electron chi connectivity index (χ2n) is 3.47. The number of nitrogens with two attached hydrogens (primary N) is 2. The Kier molecular flexibility index (Phi) is 3.36. The second kappa shape index (κ2) is 4.20. The topological polar surface area (TPSA) is 78.3 Å². The van der Waals surface area contributed by atoms with Crippen molar-refractivity contribution in [3.8, 4) is 0 Å². The molecule has 1 atom stereocenters. The molecule has 4 nitrogen and oxygen atoms in total. The fourth-order valence-electron chi connectivity index (χ4n) is 1.08. The number of allylic oxidation sites excluding steroid dienone is 1. The summed E-state index contributed by atoms with van der Waals surface area (Å²) < 4.78 is 5.29. The van der Waals surface area contributed by atoms with Crippen LogP contribution in [-0.2, 0) is 9.53 Å². The Bertz CT molecular complexity index is 381. The minimum Gasteiger partial charge on any atom is -0.465 e. The van der Waals surface area contributed by atoms with E-state index in [0.717, 1.165) is 0 Å². The minimum atomic E-state index is -0.666. The van der Waals surface area contributed by atoms with Crippen molar-refractivity contribution >= 4 is 21.9 Å². The molecule has 0 amide bonds. The summed E-state index contributed by atoms with van der Waals surface area (Å²) in [6, 6.07) is 0. The summed E-state index contributed by atoms with van der Waals surface area (Å²) in [6.07, 6.45) is 4.91. The third-order valence-electron chi connectivity index (χ3n) is 2.11. The summed E-state index contributed by atoms with van der Waals surface area (Å²) in [4.78, 5) is 11.4. The van der Waals surface area contributed by atoms with Gasteiger partial charge in [-0.3, -0.25) is 0 Å². The first-order valence-electron chi connectivity index (χ1n) is 4.32. The van der Waals surface area contributed by atoms with Gasteiger partial charge in [-0.05, 0) is 19.1 Å². The van der Waals surface area contributed by atoms with Crippen molar-refractivity contribution in [3.05, 3.63) is 34.0 Å². The number of methoxy groups -OCH3 is 1. The first kappa shape index (κ1) is 12.0. The van der Waals surface area contributed by atoms with E-state index in [2.05, 4.69) is 20.7 Å². The Hall–Kier alpha value is -1.07. The molecule has 0 radical (unpaired) electrons. The van der Waals surface area contributed by atoms with Gasteiger partial charge in [0.1, 0.15) is 0 Å². The van der Waals surface area contributed by atoms with E-state index >= 15 is 0 Å². The summed E-state index contributed by atoms with van der Waals surface area (Å²) in [5, 5.41) is 0. The predicted octanol–water partition coefficient (Wildman–Crippen LogP) is 0.938. The third-order valence-corrected chi connectivity index (χ3v) is 3.19. The number of hydrogen-bond acceptors (Lipinski definition) is 4. The zero-order valence-corrected chi connectivity index (χ0v) is 10.2. The molecule has 0 unspecified atom stereocenters. The van der Waals surface area contributed by atoms with Gasteiger partial charge in [0.25, 0.3) is 0 Å². The molecule has 0 heterocycles. The monoisotopic (exact) mass is 272 g/mol. The first-order valence-corrected chi connectivity index (χ1v) is 5.11. The summed E-state index contributed by atoms with van der Waals surface area (Å²) in [5.74, 6) is -0.480. The number of hydrogen-bond donors (Lipinski definition) is 2. The molecule has 82 valence electrons. The lowest BCUT2D eigenvalue weighted by Crippen LogP contribution is -2.33. The van der Waals surface area contributed by atoms with E-state index in [1.807, 2.05) is 0 Å². The van der Waals surface area contributed by atoms with Crippen molar-refractivity contribution in [2.24, 2.45) is 11.5 Å². The average molecular weight is 273 g/mol. The highest BCUT2D eigenvalue weighted by molar-refractivity contribution is 9.11. The first-order chi connectivity index (χ1) is 6.88. The van der Waals surface area contributed by atoms with Crippen LogP contribution in [0, 0.1) is 0 Å². The maximum atomic E-state index is 11.4. The summed E-state index contributed by atoms with van der Waals surface area (Å²) in [5.41, 5.74) is 11.6. The van der Waals surface area contributed by atoms with E-state index in [1.165, 1.54) is 7.11 Å². The van der Waals surface area contributed by atoms with Gasteiger partial charge in [-0.25, -0.2) is 4.79 Å². The Labute approximate surface area is 96.8 Å². The van der Waals surface area contributed by atoms with Crippen LogP contribution in [0.2, 0.25) is 0 Å². The number of ether oxygens (including phenoxy) is 1. The Morgan fingerprint density at radius 3 is 2.73 bits per heavy atom. The van der Waals surface area contributed by atoms with Crippen molar-refractivity contribution in [1.82, 2.24) is 0 Å². The molecule has 5 heteroatoms. The second-order valence-corrected chi connectivity index (χ2v) is 4.32. The lowest BCUT2D eigenvalue weighted by Gasteiger charge is -2.18. The lowest BCUT2D eigenvalue weighted by molar-refractivity contribution is -0.135. The maximum absolute atomic E-state index is 11.4. The lowest BCUT2D eigenvalue weighted by atomic mass is 10.0. The van der Waals surface area contributed by atoms with Crippen LogP contribution < -0.4 is 11.5 Å². The number of esters is 1. The number of carbonyl (C=O) groups excluding carboxylic acids is 1. The van der Waals surface area contributed by atoms with Gasteiger partial charge in [-0.1, -0.05) is 22.0 Å². The zero-order valence-electron chi connectivity index (χ0n) is 8.58. The van der Waals surface area contributed by atoms with Crippen LogP contribution in [0.1, 0.15) is 6.92 Å². The van der Waals surface area contributed by atoms with Crippen molar-refractivity contribution in [1.29, 1.82) is 0 Å². The third kappa shape index (κ3) is 2.49. The van der Waals surface area contributed by atoms with Gasteiger partial charge >= 0.3 is 5.97 Å². The Balaban J connectivity index is 3.23. The van der Waals surface area contributed by atoms with Crippen LogP contribution in [0.3, 0.4) is 0 Å². The minimum absolute atomic E-state index is 0.301. The van der Waals surface area contributed by atoms with Gasteiger partial charge in [0.2, 0.25) is 0 Å². The normalized spacial score (nSPS) is 26.0. The zero-order chi connectivity index (χ0) is 11.6. The molecule has 1 aliphatic carbocycles. The van der Waals surface area contributed by atoms with Crippen LogP contribution in [0.15, 0.2) is 34.0 Å². The quantitative estimate of drug-likeness (QED) is 0.697. The molecule has 0 bridgehead atoms. The molecule has 0 aromatic carbocycles. The maximum Gasteiger partial charge on any atom is 0.339 e. The fourth-order valence-corrected chi connectivity index (χ4v) is 1.45. The Morgan fingerprint density at radius 2 is 2.20 bits per heavy atom. The highest BCUT2D eigenvalue weighted by Gasteiger charge is 2.24. The number of carbonyl (C=O) groups is 1. The van der Waals surface area contributed by atoms with Gasteiger partial charge in [0.15, 0.2) is 0 Å². The van der Waals surface area contributed by atoms with Crippen LogP contribution in [0.5, 0.6) is 0 Å². The van der Waals surface area contributed by atoms with Crippen LogP contribution in [0.25, 0.3) is 0 Å². The molecule has 4 N–H and O–H groups in total. The van der Waals surface area contributed by atoms with Crippen molar-refractivity contribution in [2.45, 2.75) is 12.5 Å².